The first kappa shape index (κ1) is 14.6. The van der Waals surface area contributed by atoms with Gasteiger partial charge in [-0.25, -0.2) is 9.97 Å². The Hall–Kier alpha value is -6.78. The molecule has 0 atom stereocenters. The Kier molecular flexibility index (Phi) is 3.04. The van der Waals surface area contributed by atoms with Crippen molar-refractivity contribution in [3.63, 3.8) is 0 Å². The quantitative estimate of drug-likeness (QED) is 0.175. The van der Waals surface area contributed by atoms with E-state index in [4.69, 9.17) is 33.5 Å². The lowest BCUT2D eigenvalue weighted by Gasteiger charge is -2.12. The summed E-state index contributed by atoms with van der Waals surface area (Å²) in [5.41, 5.74) is -1.05. The molecule has 0 spiro atoms. The molecule has 0 fully saturated rings. The van der Waals surface area contributed by atoms with E-state index in [-0.39, 0.29) is 115 Å². The second-order valence-corrected chi connectivity index (χ2v) is 11.7. The first-order valence-electron chi connectivity index (χ1n) is 26.0. The topological polar surface area (TPSA) is 52.1 Å². The van der Waals surface area contributed by atoms with Crippen LogP contribution in [0.2, 0.25) is 0 Å². The minimum absolute atomic E-state index is 0.0462. The van der Waals surface area contributed by atoms with Gasteiger partial charge in [-0.05, 0) is 85.7 Å². The van der Waals surface area contributed by atoms with Crippen LogP contribution >= 0.6 is 0 Å². The van der Waals surface area contributed by atoms with Crippen molar-refractivity contribution in [3.05, 3.63) is 157 Å². The van der Waals surface area contributed by atoms with Gasteiger partial charge in [0.15, 0.2) is 5.58 Å². The Morgan fingerprint density at radius 2 is 1.10 bits per heavy atom. The molecular formula is C47H28N2O2. The highest BCUT2D eigenvalue weighted by molar-refractivity contribution is 6.26. The highest BCUT2D eigenvalue weighted by Crippen LogP contribution is 2.42. The van der Waals surface area contributed by atoms with Gasteiger partial charge >= 0.3 is 0 Å². The first-order chi connectivity index (χ1) is 34.0. The second-order valence-electron chi connectivity index (χ2n) is 11.7. The van der Waals surface area contributed by atoms with Gasteiger partial charge in [0.2, 0.25) is 0 Å². The van der Waals surface area contributed by atoms with Crippen molar-refractivity contribution < 1.29 is 37.6 Å². The number of furan rings is 2. The highest BCUT2D eigenvalue weighted by Gasteiger charge is 2.20. The molecule has 0 N–H and O–H groups in total. The maximum absolute atomic E-state index is 9.67. The molecule has 4 heteroatoms. The Morgan fingerprint density at radius 3 is 1.90 bits per heavy atom. The van der Waals surface area contributed by atoms with Crippen LogP contribution in [-0.2, 0) is 0 Å². The van der Waals surface area contributed by atoms with Gasteiger partial charge in [0.25, 0.3) is 0 Å². The summed E-state index contributed by atoms with van der Waals surface area (Å²) in [5.74, 6) is 0. The molecule has 0 saturated heterocycles. The summed E-state index contributed by atoms with van der Waals surface area (Å²) >= 11 is 0. The standard InChI is InChI=1S/C47H28N2O2/c1-27-30(38-17-9-18-39-37-14-6-7-19-42(37)50-46(38)39)15-8-16-31(27)44-47-45(49-26-48-44)41-25-29(21-23-43(41)51-47)28-20-22-36-34-12-3-2-10-32(34)33-11-4-5-13-35(33)40(36)24-28/h2-26H,1H3/i2D,3D,4D,5D,6D,7D,8D,9D,10D,11D,12D,13D,14D,15D,16D,17D,18D,19D,20D,22D,24D. The van der Waals surface area contributed by atoms with E-state index in [0.717, 1.165) is 6.33 Å². The third kappa shape index (κ3) is 4.08. The number of rotatable bonds is 3. The van der Waals surface area contributed by atoms with Gasteiger partial charge in [0.1, 0.15) is 34.3 Å². The van der Waals surface area contributed by atoms with Crippen LogP contribution in [0, 0.1) is 6.92 Å². The molecule has 0 aliphatic rings. The lowest BCUT2D eigenvalue weighted by atomic mass is 9.92. The van der Waals surface area contributed by atoms with Gasteiger partial charge < -0.3 is 8.83 Å². The van der Waals surface area contributed by atoms with Gasteiger partial charge in [-0.15, -0.1) is 0 Å². The number of para-hydroxylation sites is 2. The number of aromatic nitrogens is 2. The summed E-state index contributed by atoms with van der Waals surface area (Å²) in [4.78, 5) is 8.92. The van der Waals surface area contributed by atoms with Gasteiger partial charge in [0, 0.05) is 27.3 Å². The fraction of sp³-hybridized carbons (Fsp3) is 0.0213. The van der Waals surface area contributed by atoms with Crippen molar-refractivity contribution in [2.24, 2.45) is 0 Å². The fourth-order valence-electron chi connectivity index (χ4n) is 6.67. The predicted octanol–water partition coefficient (Wildman–Crippen LogP) is 13.0. The van der Waals surface area contributed by atoms with Gasteiger partial charge in [0.05, 0.1) is 28.8 Å². The normalized spacial score (nSPS) is 17.8. The van der Waals surface area contributed by atoms with Crippen molar-refractivity contribution in [1.29, 1.82) is 0 Å². The van der Waals surface area contributed by atoms with Crippen LogP contribution in [-0.4, -0.2) is 9.97 Å². The summed E-state index contributed by atoms with van der Waals surface area (Å²) in [6.07, 6.45) is 1.14. The van der Waals surface area contributed by atoms with E-state index >= 15 is 0 Å². The number of hydrogen-bond donors (Lipinski definition) is 0. The zero-order valence-corrected chi connectivity index (χ0v) is 26.0. The van der Waals surface area contributed by atoms with Crippen molar-refractivity contribution in [1.82, 2.24) is 9.97 Å². The largest absolute Gasteiger partial charge is 0.455 e. The molecule has 0 aliphatic carbocycles. The van der Waals surface area contributed by atoms with Crippen LogP contribution < -0.4 is 0 Å². The molecule has 0 radical (unpaired) electrons. The summed E-state index contributed by atoms with van der Waals surface area (Å²) in [5, 5.41) is -1.88. The van der Waals surface area contributed by atoms with Crippen LogP contribution in [0.4, 0.5) is 0 Å². The lowest BCUT2D eigenvalue weighted by Crippen LogP contribution is -1.92. The molecule has 0 amide bonds. The molecule has 0 aliphatic heterocycles. The van der Waals surface area contributed by atoms with E-state index in [2.05, 4.69) is 9.97 Å². The molecule has 0 bridgehead atoms. The minimum atomic E-state index is -0.696. The molecule has 0 unspecified atom stereocenters. The number of hydrogen-bond acceptors (Lipinski definition) is 4. The zero-order chi connectivity index (χ0) is 51.9. The zero-order valence-electron chi connectivity index (χ0n) is 47.0. The first-order valence-corrected chi connectivity index (χ1v) is 15.5. The van der Waals surface area contributed by atoms with Crippen LogP contribution in [0.3, 0.4) is 0 Å². The number of benzene rings is 8. The monoisotopic (exact) mass is 673 g/mol. The summed E-state index contributed by atoms with van der Waals surface area (Å²) in [7, 11) is 0. The van der Waals surface area contributed by atoms with Crippen LogP contribution in [0.15, 0.2) is 160 Å². The van der Waals surface area contributed by atoms with E-state index in [1.807, 2.05) is 0 Å². The number of fused-ring (bicyclic) bond motifs is 12. The van der Waals surface area contributed by atoms with Gasteiger partial charge in [-0.3, -0.25) is 0 Å². The third-order valence-corrected chi connectivity index (χ3v) is 9.02. The van der Waals surface area contributed by atoms with E-state index in [9.17, 15) is 4.11 Å². The van der Waals surface area contributed by atoms with Crippen LogP contribution in [0.1, 0.15) is 34.3 Å². The Bertz CT molecular complexity index is 4390. The van der Waals surface area contributed by atoms with Crippen LogP contribution in [0.5, 0.6) is 0 Å². The molecule has 238 valence electrons. The van der Waals surface area contributed by atoms with Gasteiger partial charge in [-0.1, -0.05) is 121 Å². The van der Waals surface area contributed by atoms with Crippen molar-refractivity contribution in [3.8, 4) is 33.5 Å². The van der Waals surface area contributed by atoms with Crippen LogP contribution in [0.25, 0.3) is 110 Å². The Balaban J connectivity index is 1.18. The smallest absolute Gasteiger partial charge is 0.180 e. The maximum Gasteiger partial charge on any atom is 0.180 e. The lowest BCUT2D eigenvalue weighted by molar-refractivity contribution is 0.667. The Labute approximate surface area is 321 Å². The average molecular weight is 674 g/mol. The molecule has 51 heavy (non-hydrogen) atoms. The minimum Gasteiger partial charge on any atom is -0.455 e. The van der Waals surface area contributed by atoms with Crippen molar-refractivity contribution in [2.45, 2.75) is 6.92 Å². The predicted molar refractivity (Wildman–Crippen MR) is 210 cm³/mol. The summed E-state index contributed by atoms with van der Waals surface area (Å²) < 4.78 is 198. The van der Waals surface area contributed by atoms with E-state index < -0.39 is 127 Å². The van der Waals surface area contributed by atoms with Crippen molar-refractivity contribution in [2.75, 3.05) is 0 Å². The van der Waals surface area contributed by atoms with E-state index in [0.29, 0.717) is 0 Å². The van der Waals surface area contributed by atoms with Gasteiger partial charge in [-0.2, -0.15) is 0 Å². The Morgan fingerprint density at radius 1 is 0.471 bits per heavy atom. The fourth-order valence-corrected chi connectivity index (χ4v) is 6.67. The molecule has 0 saturated carbocycles. The molecule has 11 aromatic rings. The summed E-state index contributed by atoms with van der Waals surface area (Å²) in [6.45, 7) is 1.47. The molecular weight excluding hydrogens is 625 g/mol. The number of nitrogens with zero attached hydrogens (tertiary/aromatic N) is 2. The molecule has 11 rings (SSSR count). The maximum atomic E-state index is 9.67. The van der Waals surface area contributed by atoms with E-state index in [1.165, 1.54) is 25.1 Å². The SMILES string of the molecule is [2H]c1c([2H])c(-c2ncnc3c2oc2ccc(-c4c([2H])c([2H])c5c6c([2H])c([2H])c([2H])c([2H])c6c6c([2H])c([2H])c([2H])c([2H])c6c5c4[2H])cc23)c(C)c(-c2c([2H])c([2H])c([2H])c3c2oc2c([2H])c([2H])c([2H])c([2H])c23)c1[2H]. The van der Waals surface area contributed by atoms with E-state index in [1.54, 1.807) is 0 Å². The average Bonchev–Trinajstić information content (AvgIpc) is 3.95. The molecule has 4 nitrogen and oxygen atoms in total. The summed E-state index contributed by atoms with van der Waals surface area (Å²) in [6, 6.07) is -8.47. The third-order valence-electron chi connectivity index (χ3n) is 9.02. The molecule has 8 aromatic carbocycles. The molecule has 3 aromatic heterocycles. The highest BCUT2D eigenvalue weighted by atomic mass is 16.3. The second kappa shape index (κ2) is 10.6. The van der Waals surface area contributed by atoms with Crippen molar-refractivity contribution >= 4 is 76.3 Å². The molecule has 3 heterocycles.